The summed E-state index contributed by atoms with van der Waals surface area (Å²) < 4.78 is 10.9. The molecule has 1 amide bonds. The number of benzene rings is 2. The lowest BCUT2D eigenvalue weighted by Crippen LogP contribution is -2.35. The van der Waals surface area contributed by atoms with E-state index < -0.39 is 0 Å². The molecule has 4 heteroatoms. The van der Waals surface area contributed by atoms with E-state index in [1.54, 1.807) is 0 Å². The van der Waals surface area contributed by atoms with Crippen molar-refractivity contribution in [1.29, 1.82) is 0 Å². The second kappa shape index (κ2) is 7.97. The summed E-state index contributed by atoms with van der Waals surface area (Å²) in [5.41, 5.74) is 1.44. The Kier molecular flexibility index (Phi) is 5.49. The Balaban J connectivity index is 1.31. The summed E-state index contributed by atoms with van der Waals surface area (Å²) >= 11 is 0. The molecule has 1 aliphatic rings. The van der Waals surface area contributed by atoms with E-state index in [9.17, 15) is 4.79 Å². The van der Waals surface area contributed by atoms with Crippen molar-refractivity contribution in [2.45, 2.75) is 18.3 Å². The molecule has 0 spiro atoms. The number of rotatable bonds is 9. The quantitative estimate of drug-likeness (QED) is 0.721. The molecule has 1 saturated carbocycles. The van der Waals surface area contributed by atoms with Crippen LogP contribution in [0.5, 0.6) is 5.75 Å². The van der Waals surface area contributed by atoms with Crippen LogP contribution in [0.4, 0.5) is 0 Å². The van der Waals surface area contributed by atoms with Crippen LogP contribution < -0.4 is 10.1 Å². The average molecular weight is 325 g/mol. The Hall–Kier alpha value is -2.33. The third kappa shape index (κ3) is 4.59. The minimum atomic E-state index is -0.0723. The first-order chi connectivity index (χ1) is 11.8. The summed E-state index contributed by atoms with van der Waals surface area (Å²) in [7, 11) is 0. The number of ether oxygens (including phenoxy) is 2. The zero-order chi connectivity index (χ0) is 16.7. The zero-order valence-electron chi connectivity index (χ0n) is 13.7. The first kappa shape index (κ1) is 16.5. The van der Waals surface area contributed by atoms with Gasteiger partial charge in [-0.2, -0.15) is 0 Å². The van der Waals surface area contributed by atoms with Crippen LogP contribution >= 0.6 is 0 Å². The molecule has 0 heterocycles. The lowest BCUT2D eigenvalue weighted by Gasteiger charge is -2.16. The van der Waals surface area contributed by atoms with Gasteiger partial charge in [0.05, 0.1) is 6.61 Å². The van der Waals surface area contributed by atoms with E-state index in [1.165, 1.54) is 5.56 Å². The van der Waals surface area contributed by atoms with Gasteiger partial charge in [-0.25, -0.2) is 0 Å². The molecule has 2 aromatic carbocycles. The Morgan fingerprint density at radius 2 is 1.62 bits per heavy atom. The van der Waals surface area contributed by atoms with Crippen LogP contribution in [0.3, 0.4) is 0 Å². The Morgan fingerprint density at radius 3 is 2.29 bits per heavy atom. The molecule has 1 fully saturated rings. The number of hydrogen-bond acceptors (Lipinski definition) is 3. The van der Waals surface area contributed by atoms with Gasteiger partial charge in [0, 0.05) is 12.0 Å². The SMILES string of the molecule is O=C(COCCOc1ccccc1)NCC1(c2ccccc2)CC1. The highest BCUT2D eigenvalue weighted by atomic mass is 16.5. The highest BCUT2D eigenvalue weighted by Gasteiger charge is 2.44. The predicted molar refractivity (Wildman–Crippen MR) is 93.1 cm³/mol. The first-order valence-corrected chi connectivity index (χ1v) is 8.36. The fourth-order valence-corrected chi connectivity index (χ4v) is 2.73. The Labute approximate surface area is 142 Å². The fourth-order valence-electron chi connectivity index (χ4n) is 2.73. The van der Waals surface area contributed by atoms with Crippen LogP contribution in [0.25, 0.3) is 0 Å². The highest BCUT2D eigenvalue weighted by Crippen LogP contribution is 2.47. The molecule has 0 saturated heterocycles. The fraction of sp³-hybridized carbons (Fsp3) is 0.350. The molecular weight excluding hydrogens is 302 g/mol. The summed E-state index contributed by atoms with van der Waals surface area (Å²) in [6, 6.07) is 20.0. The van der Waals surface area contributed by atoms with Crippen molar-refractivity contribution in [3.05, 3.63) is 66.2 Å². The van der Waals surface area contributed by atoms with Gasteiger partial charge >= 0.3 is 0 Å². The van der Waals surface area contributed by atoms with Gasteiger partial charge in [-0.05, 0) is 30.5 Å². The lowest BCUT2D eigenvalue weighted by atomic mass is 9.96. The zero-order valence-corrected chi connectivity index (χ0v) is 13.7. The second-order valence-corrected chi connectivity index (χ2v) is 6.14. The molecule has 4 nitrogen and oxygen atoms in total. The maximum absolute atomic E-state index is 11.9. The number of para-hydroxylation sites is 1. The number of hydrogen-bond donors (Lipinski definition) is 1. The normalized spacial score (nSPS) is 14.8. The monoisotopic (exact) mass is 325 g/mol. The lowest BCUT2D eigenvalue weighted by molar-refractivity contribution is -0.126. The van der Waals surface area contributed by atoms with Crippen LogP contribution in [0.2, 0.25) is 0 Å². The summed E-state index contributed by atoms with van der Waals surface area (Å²) in [5.74, 6) is 0.737. The van der Waals surface area contributed by atoms with Gasteiger partial charge < -0.3 is 14.8 Å². The Bertz CT molecular complexity index is 638. The van der Waals surface area contributed by atoms with E-state index in [2.05, 4.69) is 17.4 Å². The third-order valence-corrected chi connectivity index (χ3v) is 4.34. The summed E-state index contributed by atoms with van der Waals surface area (Å²) in [6.07, 6.45) is 2.26. The van der Waals surface area contributed by atoms with Crippen molar-refractivity contribution in [3.8, 4) is 5.75 Å². The number of carbonyl (C=O) groups is 1. The van der Waals surface area contributed by atoms with Crippen molar-refractivity contribution in [2.24, 2.45) is 0 Å². The molecule has 1 N–H and O–H groups in total. The molecule has 3 rings (SSSR count). The number of amides is 1. The van der Waals surface area contributed by atoms with Gasteiger partial charge in [-0.1, -0.05) is 48.5 Å². The van der Waals surface area contributed by atoms with E-state index in [0.717, 1.165) is 18.6 Å². The van der Waals surface area contributed by atoms with E-state index in [1.807, 2.05) is 48.5 Å². The van der Waals surface area contributed by atoms with E-state index in [0.29, 0.717) is 19.8 Å². The first-order valence-electron chi connectivity index (χ1n) is 8.36. The molecule has 0 radical (unpaired) electrons. The molecule has 0 unspecified atom stereocenters. The van der Waals surface area contributed by atoms with Crippen LogP contribution in [0, 0.1) is 0 Å². The molecule has 0 aliphatic heterocycles. The summed E-state index contributed by atoms with van der Waals surface area (Å²) in [5, 5.41) is 2.99. The standard InChI is InChI=1S/C20H23NO3/c22-19(15-23-13-14-24-18-9-5-2-6-10-18)21-16-20(11-12-20)17-7-3-1-4-8-17/h1-10H,11-16H2,(H,21,22). The minimum Gasteiger partial charge on any atom is -0.491 e. The van der Waals surface area contributed by atoms with Crippen molar-refractivity contribution in [1.82, 2.24) is 5.32 Å². The molecule has 0 aromatic heterocycles. The maximum atomic E-state index is 11.9. The van der Waals surface area contributed by atoms with Crippen molar-refractivity contribution in [3.63, 3.8) is 0 Å². The second-order valence-electron chi connectivity index (χ2n) is 6.14. The number of nitrogens with one attached hydrogen (secondary N) is 1. The third-order valence-electron chi connectivity index (χ3n) is 4.34. The van der Waals surface area contributed by atoms with Gasteiger partial charge in [0.25, 0.3) is 0 Å². The molecule has 126 valence electrons. The predicted octanol–water partition coefficient (Wildman–Crippen LogP) is 2.93. The van der Waals surface area contributed by atoms with E-state index in [-0.39, 0.29) is 17.9 Å². The van der Waals surface area contributed by atoms with Crippen molar-refractivity contribution < 1.29 is 14.3 Å². The highest BCUT2D eigenvalue weighted by molar-refractivity contribution is 5.77. The topological polar surface area (TPSA) is 47.6 Å². The summed E-state index contributed by atoms with van der Waals surface area (Å²) in [6.45, 7) is 1.58. The molecular formula is C20H23NO3. The molecule has 24 heavy (non-hydrogen) atoms. The molecule has 2 aromatic rings. The van der Waals surface area contributed by atoms with Gasteiger partial charge in [0.15, 0.2) is 0 Å². The summed E-state index contributed by atoms with van der Waals surface area (Å²) in [4.78, 5) is 11.9. The molecule has 0 bridgehead atoms. The van der Waals surface area contributed by atoms with Gasteiger partial charge in [0.2, 0.25) is 5.91 Å². The van der Waals surface area contributed by atoms with Crippen LogP contribution in [0.15, 0.2) is 60.7 Å². The van der Waals surface area contributed by atoms with Crippen molar-refractivity contribution >= 4 is 5.91 Å². The Morgan fingerprint density at radius 1 is 0.958 bits per heavy atom. The maximum Gasteiger partial charge on any atom is 0.246 e. The molecule has 1 aliphatic carbocycles. The van der Waals surface area contributed by atoms with Gasteiger partial charge in [0.1, 0.15) is 19.0 Å². The van der Waals surface area contributed by atoms with Crippen LogP contribution in [-0.4, -0.2) is 32.3 Å². The van der Waals surface area contributed by atoms with Crippen molar-refractivity contribution in [2.75, 3.05) is 26.4 Å². The van der Waals surface area contributed by atoms with E-state index >= 15 is 0 Å². The number of carbonyl (C=O) groups excluding carboxylic acids is 1. The van der Waals surface area contributed by atoms with Crippen LogP contribution in [-0.2, 0) is 14.9 Å². The van der Waals surface area contributed by atoms with Gasteiger partial charge in [-0.15, -0.1) is 0 Å². The van der Waals surface area contributed by atoms with Crippen LogP contribution in [0.1, 0.15) is 18.4 Å². The smallest absolute Gasteiger partial charge is 0.246 e. The molecule has 0 atom stereocenters. The van der Waals surface area contributed by atoms with Gasteiger partial charge in [-0.3, -0.25) is 4.79 Å². The van der Waals surface area contributed by atoms with E-state index in [4.69, 9.17) is 9.47 Å². The largest absolute Gasteiger partial charge is 0.491 e. The minimum absolute atomic E-state index is 0.0723. The average Bonchev–Trinajstić information content (AvgIpc) is 3.43.